The predicted molar refractivity (Wildman–Crippen MR) is 98.8 cm³/mol. The van der Waals surface area contributed by atoms with Crippen LogP contribution in [0.4, 0.5) is 4.79 Å². The van der Waals surface area contributed by atoms with Crippen LogP contribution in [-0.2, 0) is 4.74 Å². The lowest BCUT2D eigenvalue weighted by Gasteiger charge is -2.19. The van der Waals surface area contributed by atoms with Gasteiger partial charge in [-0.25, -0.2) is 4.79 Å². The number of benzene rings is 1. The van der Waals surface area contributed by atoms with Crippen LogP contribution < -0.4 is 20.1 Å². The zero-order valence-electron chi connectivity index (χ0n) is 14.5. The number of nitrogens with one attached hydrogen (secondary N) is 2. The van der Waals surface area contributed by atoms with Crippen molar-refractivity contribution in [2.24, 2.45) is 0 Å². The van der Waals surface area contributed by atoms with E-state index in [0.29, 0.717) is 17.1 Å². The SMILES string of the molecule is COc1cc(I)c(C(=O)NCCNC(=O)OC(C)(C)C)cc1OC. The van der Waals surface area contributed by atoms with Crippen molar-refractivity contribution < 1.29 is 23.8 Å². The molecule has 0 unspecified atom stereocenters. The Hall–Kier alpha value is -1.71. The first-order valence-electron chi connectivity index (χ1n) is 7.34. The van der Waals surface area contributed by atoms with Crippen LogP contribution in [0.25, 0.3) is 0 Å². The molecule has 0 spiro atoms. The summed E-state index contributed by atoms with van der Waals surface area (Å²) < 4.78 is 16.2. The highest BCUT2D eigenvalue weighted by molar-refractivity contribution is 14.1. The molecule has 1 aromatic rings. The highest BCUT2D eigenvalue weighted by Crippen LogP contribution is 2.31. The summed E-state index contributed by atoms with van der Waals surface area (Å²) in [6.07, 6.45) is -0.516. The van der Waals surface area contributed by atoms with Crippen molar-refractivity contribution in [2.45, 2.75) is 26.4 Å². The van der Waals surface area contributed by atoms with E-state index < -0.39 is 11.7 Å². The molecule has 0 aliphatic carbocycles. The van der Waals surface area contributed by atoms with E-state index in [1.165, 1.54) is 14.2 Å². The van der Waals surface area contributed by atoms with Crippen molar-refractivity contribution >= 4 is 34.6 Å². The number of alkyl carbamates (subject to hydrolysis) is 1. The minimum absolute atomic E-state index is 0.258. The third-order valence-corrected chi connectivity index (χ3v) is 3.69. The number of methoxy groups -OCH3 is 2. The number of hydrogen-bond acceptors (Lipinski definition) is 5. The van der Waals surface area contributed by atoms with E-state index in [9.17, 15) is 9.59 Å². The van der Waals surface area contributed by atoms with Crippen molar-refractivity contribution in [3.05, 3.63) is 21.3 Å². The lowest BCUT2D eigenvalue weighted by atomic mass is 10.2. The highest BCUT2D eigenvalue weighted by atomic mass is 127. The Labute approximate surface area is 155 Å². The first kappa shape index (κ1) is 20.3. The number of rotatable bonds is 6. The van der Waals surface area contributed by atoms with E-state index in [1.807, 2.05) is 0 Å². The third kappa shape index (κ3) is 6.42. The average Bonchev–Trinajstić information content (AvgIpc) is 2.49. The van der Waals surface area contributed by atoms with E-state index in [0.717, 1.165) is 3.57 Å². The van der Waals surface area contributed by atoms with Gasteiger partial charge in [-0.15, -0.1) is 0 Å². The maximum atomic E-state index is 12.3. The fourth-order valence-electron chi connectivity index (χ4n) is 1.78. The summed E-state index contributed by atoms with van der Waals surface area (Å²) in [5.41, 5.74) is -0.0752. The molecule has 0 heterocycles. The van der Waals surface area contributed by atoms with Gasteiger partial charge in [-0.05, 0) is 55.5 Å². The fraction of sp³-hybridized carbons (Fsp3) is 0.500. The molecular weight excluding hydrogens is 427 g/mol. The maximum absolute atomic E-state index is 12.3. The molecule has 0 saturated heterocycles. The Bertz CT molecular complexity index is 599. The predicted octanol–water partition coefficient (Wildman–Crippen LogP) is 2.56. The Kier molecular flexibility index (Phi) is 7.59. The second-order valence-electron chi connectivity index (χ2n) is 5.87. The van der Waals surface area contributed by atoms with Crippen LogP contribution in [0.5, 0.6) is 11.5 Å². The number of carbonyl (C=O) groups is 2. The highest BCUT2D eigenvalue weighted by Gasteiger charge is 2.17. The van der Waals surface area contributed by atoms with Gasteiger partial charge >= 0.3 is 6.09 Å². The fourth-order valence-corrected chi connectivity index (χ4v) is 2.46. The normalized spacial score (nSPS) is 10.8. The molecule has 2 N–H and O–H groups in total. The monoisotopic (exact) mass is 450 g/mol. The molecule has 8 heteroatoms. The molecule has 1 rings (SSSR count). The summed E-state index contributed by atoms with van der Waals surface area (Å²) in [6, 6.07) is 3.35. The quantitative estimate of drug-likeness (QED) is 0.514. The Morgan fingerprint density at radius 2 is 1.58 bits per heavy atom. The number of hydrogen-bond donors (Lipinski definition) is 2. The molecule has 134 valence electrons. The van der Waals surface area contributed by atoms with E-state index in [-0.39, 0.29) is 19.0 Å². The molecule has 24 heavy (non-hydrogen) atoms. The molecule has 0 bridgehead atoms. The van der Waals surface area contributed by atoms with Gasteiger partial charge in [0.15, 0.2) is 11.5 Å². The van der Waals surface area contributed by atoms with Gasteiger partial charge in [0, 0.05) is 16.7 Å². The summed E-state index contributed by atoms with van der Waals surface area (Å²) in [6.45, 7) is 5.90. The molecular formula is C16H23IN2O5. The maximum Gasteiger partial charge on any atom is 0.407 e. The minimum atomic E-state index is -0.552. The van der Waals surface area contributed by atoms with Crippen LogP contribution in [-0.4, -0.2) is 44.9 Å². The average molecular weight is 450 g/mol. The summed E-state index contributed by atoms with van der Waals surface area (Å²) in [5, 5.41) is 5.32. The molecule has 0 aliphatic heterocycles. The van der Waals surface area contributed by atoms with Crippen LogP contribution in [0.15, 0.2) is 12.1 Å². The van der Waals surface area contributed by atoms with Gasteiger partial charge in [0.25, 0.3) is 5.91 Å². The number of carbonyl (C=O) groups excluding carboxylic acids is 2. The van der Waals surface area contributed by atoms with E-state index in [2.05, 4.69) is 33.2 Å². The molecule has 1 aromatic carbocycles. The van der Waals surface area contributed by atoms with Crippen LogP contribution in [0.2, 0.25) is 0 Å². The molecule has 2 amide bonds. The smallest absolute Gasteiger partial charge is 0.407 e. The van der Waals surface area contributed by atoms with Gasteiger partial charge < -0.3 is 24.8 Å². The largest absolute Gasteiger partial charge is 0.493 e. The first-order valence-corrected chi connectivity index (χ1v) is 8.42. The Balaban J connectivity index is 2.56. The summed E-state index contributed by atoms with van der Waals surface area (Å²) in [4.78, 5) is 23.8. The van der Waals surface area contributed by atoms with E-state index >= 15 is 0 Å². The zero-order valence-corrected chi connectivity index (χ0v) is 16.6. The second kappa shape index (κ2) is 8.95. The first-order chi connectivity index (χ1) is 11.2. The van der Waals surface area contributed by atoms with Crippen molar-refractivity contribution in [3.8, 4) is 11.5 Å². The van der Waals surface area contributed by atoms with E-state index in [1.54, 1.807) is 32.9 Å². The van der Waals surface area contributed by atoms with Crippen LogP contribution in [0, 0.1) is 3.57 Å². The Morgan fingerprint density at radius 1 is 1.04 bits per heavy atom. The molecule has 0 atom stereocenters. The van der Waals surface area contributed by atoms with Crippen LogP contribution >= 0.6 is 22.6 Å². The van der Waals surface area contributed by atoms with Gasteiger partial charge in [-0.3, -0.25) is 4.79 Å². The van der Waals surface area contributed by atoms with Crippen molar-refractivity contribution in [3.63, 3.8) is 0 Å². The molecule has 0 radical (unpaired) electrons. The molecule has 0 fully saturated rings. The topological polar surface area (TPSA) is 85.9 Å². The van der Waals surface area contributed by atoms with Crippen molar-refractivity contribution in [2.75, 3.05) is 27.3 Å². The Morgan fingerprint density at radius 3 is 2.12 bits per heavy atom. The standard InChI is InChI=1S/C16H23IN2O5/c1-16(2,3)24-15(21)19-7-6-18-14(20)10-8-12(22-4)13(23-5)9-11(10)17/h8-9H,6-7H2,1-5H3,(H,18,20)(H,19,21). The van der Waals surface area contributed by atoms with Gasteiger partial charge in [-0.2, -0.15) is 0 Å². The summed E-state index contributed by atoms with van der Waals surface area (Å²) >= 11 is 2.06. The minimum Gasteiger partial charge on any atom is -0.493 e. The van der Waals surface area contributed by atoms with Crippen LogP contribution in [0.1, 0.15) is 31.1 Å². The molecule has 0 aliphatic rings. The number of ether oxygens (including phenoxy) is 3. The molecule has 0 saturated carbocycles. The van der Waals surface area contributed by atoms with Crippen molar-refractivity contribution in [1.29, 1.82) is 0 Å². The molecule has 0 aromatic heterocycles. The summed E-state index contributed by atoms with van der Waals surface area (Å²) in [5.74, 6) is 0.784. The number of halogens is 1. The van der Waals surface area contributed by atoms with Gasteiger partial charge in [0.05, 0.1) is 19.8 Å². The summed E-state index contributed by atoms with van der Waals surface area (Å²) in [7, 11) is 3.05. The van der Waals surface area contributed by atoms with Gasteiger partial charge in [-0.1, -0.05) is 0 Å². The zero-order chi connectivity index (χ0) is 18.3. The molecule has 7 nitrogen and oxygen atoms in total. The van der Waals surface area contributed by atoms with Gasteiger partial charge in [0.1, 0.15) is 5.60 Å². The van der Waals surface area contributed by atoms with Crippen molar-refractivity contribution in [1.82, 2.24) is 10.6 Å². The third-order valence-electron chi connectivity index (χ3n) is 2.80. The lowest BCUT2D eigenvalue weighted by Crippen LogP contribution is -2.38. The van der Waals surface area contributed by atoms with Gasteiger partial charge in [0.2, 0.25) is 0 Å². The van der Waals surface area contributed by atoms with Crippen LogP contribution in [0.3, 0.4) is 0 Å². The number of amides is 2. The van der Waals surface area contributed by atoms with E-state index in [4.69, 9.17) is 14.2 Å². The second-order valence-corrected chi connectivity index (χ2v) is 7.03. The lowest BCUT2D eigenvalue weighted by molar-refractivity contribution is 0.0526.